The van der Waals surface area contributed by atoms with Crippen molar-refractivity contribution in [3.05, 3.63) is 99.9 Å². The number of methoxy groups -OCH3 is 2. The summed E-state index contributed by atoms with van der Waals surface area (Å²) in [4.78, 5) is 25.7. The van der Waals surface area contributed by atoms with Crippen LogP contribution in [-0.2, 0) is 16.1 Å². The minimum absolute atomic E-state index is 0.214. The van der Waals surface area contributed by atoms with Gasteiger partial charge in [0.15, 0.2) is 11.5 Å². The average molecular weight is 578 g/mol. The molecule has 0 aliphatic heterocycles. The zero-order valence-electron chi connectivity index (χ0n) is 22.2. The maximum atomic E-state index is 12.8. The molecule has 0 unspecified atom stereocenters. The van der Waals surface area contributed by atoms with Crippen LogP contribution in [0.15, 0.2) is 78.2 Å². The molecule has 0 spiro atoms. The summed E-state index contributed by atoms with van der Waals surface area (Å²) in [6.07, 6.45) is 3.05. The number of rotatable bonds is 11. The molecule has 4 rings (SSSR count). The first-order valence-electron chi connectivity index (χ1n) is 12.4. The highest BCUT2D eigenvalue weighted by atomic mass is 35.5. The second kappa shape index (κ2) is 13.7. The molecule has 0 atom stereocenters. The van der Waals surface area contributed by atoms with Gasteiger partial charge < -0.3 is 24.3 Å². The first-order valence-corrected chi connectivity index (χ1v) is 13.6. The summed E-state index contributed by atoms with van der Waals surface area (Å²) in [6, 6.07) is 20.1. The molecule has 1 aromatic heterocycles. The minimum Gasteiger partial charge on any atom is -0.497 e. The first-order chi connectivity index (χ1) is 19.4. The average Bonchev–Trinajstić information content (AvgIpc) is 3.39. The zero-order chi connectivity index (χ0) is 28.5. The van der Waals surface area contributed by atoms with Crippen molar-refractivity contribution in [1.82, 2.24) is 0 Å². The Bertz CT molecular complexity index is 1500. The van der Waals surface area contributed by atoms with Gasteiger partial charge in [0.25, 0.3) is 0 Å². The minimum atomic E-state index is -0.507. The Morgan fingerprint density at radius 2 is 1.70 bits per heavy atom. The van der Waals surface area contributed by atoms with Crippen molar-refractivity contribution in [3.8, 4) is 28.4 Å². The van der Waals surface area contributed by atoms with Gasteiger partial charge in [0.2, 0.25) is 5.91 Å². The Hall–Kier alpha value is -4.27. The SMILES string of the molecule is CCOC(=O)c1c(-c2ccc(OC)cc2)csc1NC(=O)/C=C/c1ccc(OCc2ccc(Cl)cc2)c(OC)c1. The number of anilines is 1. The van der Waals surface area contributed by atoms with Crippen LogP contribution in [0.25, 0.3) is 17.2 Å². The molecule has 0 aliphatic carbocycles. The normalized spacial score (nSPS) is 10.8. The largest absolute Gasteiger partial charge is 0.497 e. The zero-order valence-corrected chi connectivity index (χ0v) is 23.8. The molecule has 9 heteroatoms. The molecule has 0 aliphatic rings. The lowest BCUT2D eigenvalue weighted by molar-refractivity contribution is -0.111. The van der Waals surface area contributed by atoms with Crippen LogP contribution in [0.2, 0.25) is 5.02 Å². The van der Waals surface area contributed by atoms with Crippen molar-refractivity contribution in [1.29, 1.82) is 0 Å². The second-order valence-electron chi connectivity index (χ2n) is 8.45. The van der Waals surface area contributed by atoms with E-state index in [1.54, 1.807) is 39.4 Å². The summed E-state index contributed by atoms with van der Waals surface area (Å²) in [5, 5.41) is 5.71. The summed E-state index contributed by atoms with van der Waals surface area (Å²) in [7, 11) is 3.14. The van der Waals surface area contributed by atoms with Crippen molar-refractivity contribution in [2.45, 2.75) is 13.5 Å². The van der Waals surface area contributed by atoms with E-state index in [1.165, 1.54) is 17.4 Å². The number of benzene rings is 3. The van der Waals surface area contributed by atoms with Crippen LogP contribution in [0.4, 0.5) is 5.00 Å². The number of esters is 1. The third-order valence-electron chi connectivity index (χ3n) is 5.83. The number of carbonyl (C=O) groups excluding carboxylic acids is 2. The van der Waals surface area contributed by atoms with Crippen molar-refractivity contribution in [2.75, 3.05) is 26.1 Å². The fraction of sp³-hybridized carbons (Fsp3) is 0.161. The van der Waals surface area contributed by atoms with Gasteiger partial charge >= 0.3 is 5.97 Å². The Kier molecular flexibility index (Phi) is 9.83. The monoisotopic (exact) mass is 577 g/mol. The van der Waals surface area contributed by atoms with E-state index in [0.717, 1.165) is 16.7 Å². The molecule has 1 amide bonds. The van der Waals surface area contributed by atoms with Gasteiger partial charge in [0, 0.05) is 22.0 Å². The van der Waals surface area contributed by atoms with Crippen LogP contribution in [0.1, 0.15) is 28.4 Å². The smallest absolute Gasteiger partial charge is 0.341 e. The van der Waals surface area contributed by atoms with Crippen LogP contribution < -0.4 is 19.5 Å². The Morgan fingerprint density at radius 3 is 2.38 bits per heavy atom. The summed E-state index contributed by atoms with van der Waals surface area (Å²) in [5.74, 6) is 0.905. The van der Waals surface area contributed by atoms with Crippen LogP contribution in [0, 0.1) is 0 Å². The number of ether oxygens (including phenoxy) is 4. The number of carbonyl (C=O) groups is 2. The predicted molar refractivity (Wildman–Crippen MR) is 159 cm³/mol. The van der Waals surface area contributed by atoms with Crippen LogP contribution in [0.3, 0.4) is 0 Å². The van der Waals surface area contributed by atoms with Crippen LogP contribution >= 0.6 is 22.9 Å². The summed E-state index contributed by atoms with van der Waals surface area (Å²) >= 11 is 7.20. The molecule has 0 bridgehead atoms. The summed E-state index contributed by atoms with van der Waals surface area (Å²) in [6.45, 7) is 2.30. The molecule has 4 aromatic rings. The molecular formula is C31H28ClNO6S. The molecule has 7 nitrogen and oxygen atoms in total. The third-order valence-corrected chi connectivity index (χ3v) is 6.98. The number of hydrogen-bond donors (Lipinski definition) is 1. The Balaban J connectivity index is 1.47. The number of hydrogen-bond acceptors (Lipinski definition) is 7. The van der Waals surface area contributed by atoms with Gasteiger partial charge in [-0.05, 0) is 66.1 Å². The summed E-state index contributed by atoms with van der Waals surface area (Å²) in [5.41, 5.74) is 3.49. The van der Waals surface area contributed by atoms with Gasteiger partial charge in [-0.15, -0.1) is 11.3 Å². The molecular weight excluding hydrogens is 550 g/mol. The molecule has 206 valence electrons. The molecule has 3 aromatic carbocycles. The van der Waals surface area contributed by atoms with Gasteiger partial charge in [-0.1, -0.05) is 41.9 Å². The first kappa shape index (κ1) is 28.7. The molecule has 40 heavy (non-hydrogen) atoms. The molecule has 0 saturated heterocycles. The van der Waals surface area contributed by atoms with E-state index in [0.29, 0.717) is 45.0 Å². The maximum Gasteiger partial charge on any atom is 0.341 e. The van der Waals surface area contributed by atoms with E-state index in [-0.39, 0.29) is 6.61 Å². The lowest BCUT2D eigenvalue weighted by Gasteiger charge is -2.11. The van der Waals surface area contributed by atoms with E-state index in [9.17, 15) is 9.59 Å². The van der Waals surface area contributed by atoms with Crippen LogP contribution in [-0.4, -0.2) is 32.7 Å². The second-order valence-corrected chi connectivity index (χ2v) is 9.77. The highest BCUT2D eigenvalue weighted by molar-refractivity contribution is 7.15. The highest BCUT2D eigenvalue weighted by Crippen LogP contribution is 2.37. The highest BCUT2D eigenvalue weighted by Gasteiger charge is 2.22. The molecule has 0 saturated carbocycles. The van der Waals surface area contributed by atoms with Crippen molar-refractivity contribution < 1.29 is 28.5 Å². The Labute approximate surface area is 241 Å². The molecule has 1 N–H and O–H groups in total. The van der Waals surface area contributed by atoms with Crippen LogP contribution in [0.5, 0.6) is 17.2 Å². The van der Waals surface area contributed by atoms with Gasteiger partial charge in [-0.2, -0.15) is 0 Å². The standard InChI is InChI=1S/C31H28ClNO6S/c1-4-38-31(35)29-25(22-9-13-24(36-2)14-10-22)19-40-30(29)33-28(34)16-8-20-7-15-26(27(17-20)37-3)39-18-21-5-11-23(32)12-6-21/h5-17,19H,4,18H2,1-3H3,(H,33,34)/b16-8+. The van der Waals surface area contributed by atoms with E-state index in [4.69, 9.17) is 30.5 Å². The van der Waals surface area contributed by atoms with Crippen molar-refractivity contribution >= 4 is 45.9 Å². The molecule has 0 radical (unpaired) electrons. The maximum absolute atomic E-state index is 12.8. The van der Waals surface area contributed by atoms with E-state index >= 15 is 0 Å². The van der Waals surface area contributed by atoms with E-state index in [2.05, 4.69) is 5.32 Å². The van der Waals surface area contributed by atoms with Gasteiger partial charge in [-0.3, -0.25) is 4.79 Å². The lowest BCUT2D eigenvalue weighted by Crippen LogP contribution is -2.12. The number of amides is 1. The fourth-order valence-electron chi connectivity index (χ4n) is 3.81. The number of nitrogens with one attached hydrogen (secondary N) is 1. The molecule has 1 heterocycles. The fourth-order valence-corrected chi connectivity index (χ4v) is 4.90. The topological polar surface area (TPSA) is 83.1 Å². The Morgan fingerprint density at radius 1 is 0.950 bits per heavy atom. The predicted octanol–water partition coefficient (Wildman–Crippen LogP) is 7.49. The lowest BCUT2D eigenvalue weighted by atomic mass is 10.0. The van der Waals surface area contributed by atoms with Gasteiger partial charge in [0.05, 0.1) is 20.8 Å². The number of thiophene rings is 1. The van der Waals surface area contributed by atoms with Gasteiger partial charge in [0.1, 0.15) is 22.9 Å². The molecule has 0 fully saturated rings. The van der Waals surface area contributed by atoms with E-state index < -0.39 is 11.9 Å². The quantitative estimate of drug-likeness (QED) is 0.147. The van der Waals surface area contributed by atoms with Crippen molar-refractivity contribution in [3.63, 3.8) is 0 Å². The van der Waals surface area contributed by atoms with E-state index in [1.807, 2.05) is 60.0 Å². The van der Waals surface area contributed by atoms with Crippen molar-refractivity contribution in [2.24, 2.45) is 0 Å². The number of halogens is 1. The summed E-state index contributed by atoms with van der Waals surface area (Å²) < 4.78 is 21.9. The third kappa shape index (κ3) is 7.22. The van der Waals surface area contributed by atoms with Gasteiger partial charge in [-0.25, -0.2) is 4.79 Å².